The van der Waals surface area contributed by atoms with E-state index in [0.29, 0.717) is 35.5 Å². The number of halogens is 2. The Labute approximate surface area is 246 Å². The van der Waals surface area contributed by atoms with Crippen LogP contribution in [0.25, 0.3) is 0 Å². The molecule has 7 heteroatoms. The quantitative estimate of drug-likeness (QED) is 0.259. The second-order valence-corrected chi connectivity index (χ2v) is 12.1. The molecule has 1 amide bonds. The standard InChI is InChI=1S/C32H48Cl2N4O/c1-5-7-15-36(16-8-6-2)31(22-25-13-14-26(33)23-28(25)34)32(39)38-19-17-37(18-20-38)30-12-10-9-11-27(30)29(35)21-24(3)4/h9-14,23-24,29,31H,5-8,15-22,35H2,1-4H3/t29?,31-/m1/s1. The maximum Gasteiger partial charge on any atom is 0.240 e. The lowest BCUT2D eigenvalue weighted by atomic mass is 9.96. The molecule has 2 aromatic rings. The number of nitrogens with zero attached hydrogens (tertiary/aromatic N) is 3. The molecule has 5 nitrogen and oxygen atoms in total. The summed E-state index contributed by atoms with van der Waals surface area (Å²) in [5.74, 6) is 0.745. The number of benzene rings is 2. The van der Waals surface area contributed by atoms with E-state index in [1.165, 1.54) is 11.3 Å². The van der Waals surface area contributed by atoms with E-state index in [0.717, 1.165) is 63.8 Å². The van der Waals surface area contributed by atoms with Gasteiger partial charge in [-0.3, -0.25) is 9.69 Å². The van der Waals surface area contributed by atoms with Crippen molar-refractivity contribution >= 4 is 34.8 Å². The number of carbonyl (C=O) groups is 1. The number of amides is 1. The highest BCUT2D eigenvalue weighted by atomic mass is 35.5. The van der Waals surface area contributed by atoms with Crippen molar-refractivity contribution in [2.75, 3.05) is 44.2 Å². The van der Waals surface area contributed by atoms with Crippen LogP contribution in [-0.2, 0) is 11.2 Å². The highest BCUT2D eigenvalue weighted by Gasteiger charge is 2.32. The number of hydrogen-bond donors (Lipinski definition) is 1. The molecule has 0 radical (unpaired) electrons. The van der Waals surface area contributed by atoms with Gasteiger partial charge in [0.2, 0.25) is 5.91 Å². The summed E-state index contributed by atoms with van der Waals surface area (Å²) in [5.41, 5.74) is 9.99. The van der Waals surface area contributed by atoms with Crippen LogP contribution in [0.15, 0.2) is 42.5 Å². The SMILES string of the molecule is CCCCN(CCCC)[C@H](Cc1ccc(Cl)cc1Cl)C(=O)N1CCN(c2ccccc2C(N)CC(C)C)CC1. The van der Waals surface area contributed by atoms with Gasteiger partial charge in [0.25, 0.3) is 0 Å². The summed E-state index contributed by atoms with van der Waals surface area (Å²) in [5, 5.41) is 1.25. The number of rotatable bonds is 14. The van der Waals surface area contributed by atoms with Gasteiger partial charge in [0.05, 0.1) is 6.04 Å². The van der Waals surface area contributed by atoms with Gasteiger partial charge in [0.1, 0.15) is 0 Å². The van der Waals surface area contributed by atoms with Crippen molar-refractivity contribution < 1.29 is 4.79 Å². The number of carbonyl (C=O) groups excluding carboxylic acids is 1. The Morgan fingerprint density at radius 3 is 2.21 bits per heavy atom. The molecule has 0 spiro atoms. The van der Waals surface area contributed by atoms with E-state index in [1.807, 2.05) is 12.1 Å². The Morgan fingerprint density at radius 1 is 0.974 bits per heavy atom. The van der Waals surface area contributed by atoms with Gasteiger partial charge in [-0.15, -0.1) is 0 Å². The second-order valence-electron chi connectivity index (χ2n) is 11.3. The number of anilines is 1. The van der Waals surface area contributed by atoms with Gasteiger partial charge in [-0.25, -0.2) is 0 Å². The van der Waals surface area contributed by atoms with Crippen LogP contribution in [0.3, 0.4) is 0 Å². The number of unbranched alkanes of at least 4 members (excludes halogenated alkanes) is 2. The lowest BCUT2D eigenvalue weighted by Crippen LogP contribution is -2.56. The molecule has 0 saturated carbocycles. The fourth-order valence-corrected chi connectivity index (χ4v) is 6.00. The van der Waals surface area contributed by atoms with Crippen LogP contribution < -0.4 is 10.6 Å². The van der Waals surface area contributed by atoms with Crippen molar-refractivity contribution in [3.63, 3.8) is 0 Å². The molecule has 216 valence electrons. The molecule has 39 heavy (non-hydrogen) atoms. The molecule has 1 heterocycles. The Hall–Kier alpha value is -1.79. The van der Waals surface area contributed by atoms with Crippen molar-refractivity contribution in [3.05, 3.63) is 63.6 Å². The predicted molar refractivity (Wildman–Crippen MR) is 167 cm³/mol. The lowest BCUT2D eigenvalue weighted by molar-refractivity contribution is -0.137. The Bertz CT molecular complexity index is 1030. The van der Waals surface area contributed by atoms with Crippen LogP contribution in [-0.4, -0.2) is 61.0 Å². The molecule has 0 bridgehead atoms. The van der Waals surface area contributed by atoms with Crippen molar-refractivity contribution in [3.8, 4) is 0 Å². The third-order valence-electron chi connectivity index (χ3n) is 7.75. The van der Waals surface area contributed by atoms with Crippen molar-refractivity contribution in [1.82, 2.24) is 9.80 Å². The zero-order valence-corrected chi connectivity index (χ0v) is 25.9. The Balaban J connectivity index is 1.78. The molecule has 1 saturated heterocycles. The van der Waals surface area contributed by atoms with Crippen LogP contribution in [0.4, 0.5) is 5.69 Å². The molecule has 1 aliphatic heterocycles. The van der Waals surface area contributed by atoms with Crippen LogP contribution in [0, 0.1) is 5.92 Å². The van der Waals surface area contributed by atoms with Crippen LogP contribution >= 0.6 is 23.2 Å². The minimum Gasteiger partial charge on any atom is -0.368 e. The summed E-state index contributed by atoms with van der Waals surface area (Å²) in [6.45, 7) is 13.7. The van der Waals surface area contributed by atoms with Crippen LogP contribution in [0.5, 0.6) is 0 Å². The van der Waals surface area contributed by atoms with Gasteiger partial charge < -0.3 is 15.5 Å². The van der Waals surface area contributed by atoms with Gasteiger partial charge in [-0.05, 0) is 74.0 Å². The van der Waals surface area contributed by atoms with Gasteiger partial charge in [0, 0.05) is 48.0 Å². The molecule has 2 N–H and O–H groups in total. The monoisotopic (exact) mass is 574 g/mol. The van der Waals surface area contributed by atoms with Gasteiger partial charge in [-0.2, -0.15) is 0 Å². The summed E-state index contributed by atoms with van der Waals surface area (Å²) in [6.07, 6.45) is 5.89. The molecule has 0 aromatic heterocycles. The number of para-hydroxylation sites is 1. The summed E-state index contributed by atoms with van der Waals surface area (Å²) < 4.78 is 0. The highest BCUT2D eigenvalue weighted by Crippen LogP contribution is 2.30. The summed E-state index contributed by atoms with van der Waals surface area (Å²) >= 11 is 12.8. The van der Waals surface area contributed by atoms with E-state index >= 15 is 0 Å². The van der Waals surface area contributed by atoms with Crippen molar-refractivity contribution in [2.45, 2.75) is 78.3 Å². The molecular weight excluding hydrogens is 527 g/mol. The van der Waals surface area contributed by atoms with Crippen LogP contribution in [0.2, 0.25) is 10.0 Å². The lowest BCUT2D eigenvalue weighted by Gasteiger charge is -2.41. The first-order valence-electron chi connectivity index (χ1n) is 14.8. The fraction of sp³-hybridized carbons (Fsp3) is 0.594. The molecule has 1 unspecified atom stereocenters. The van der Waals surface area contributed by atoms with Gasteiger partial charge >= 0.3 is 0 Å². The topological polar surface area (TPSA) is 52.8 Å². The van der Waals surface area contributed by atoms with Crippen LogP contribution in [0.1, 0.15) is 77.0 Å². The van der Waals surface area contributed by atoms with Gasteiger partial charge in [0.15, 0.2) is 0 Å². The number of nitrogens with two attached hydrogens (primary N) is 1. The smallest absolute Gasteiger partial charge is 0.240 e. The van der Waals surface area contributed by atoms with E-state index in [2.05, 4.69) is 66.7 Å². The largest absolute Gasteiger partial charge is 0.368 e. The average molecular weight is 576 g/mol. The first-order valence-corrected chi connectivity index (χ1v) is 15.6. The summed E-state index contributed by atoms with van der Waals surface area (Å²) in [4.78, 5) is 21.0. The van der Waals surface area contributed by atoms with E-state index in [1.54, 1.807) is 6.07 Å². The molecule has 1 fully saturated rings. The second kappa shape index (κ2) is 15.9. The van der Waals surface area contributed by atoms with Gasteiger partial charge in [-0.1, -0.05) is 88.0 Å². The number of piperazine rings is 1. The van der Waals surface area contributed by atoms with E-state index in [9.17, 15) is 4.79 Å². The summed E-state index contributed by atoms with van der Waals surface area (Å²) in [6, 6.07) is 13.9. The third kappa shape index (κ3) is 9.11. The normalized spacial score (nSPS) is 15.7. The molecule has 1 aliphatic rings. The van der Waals surface area contributed by atoms with E-state index < -0.39 is 0 Å². The fourth-order valence-electron chi connectivity index (χ4n) is 5.52. The first-order chi connectivity index (χ1) is 18.7. The van der Waals surface area contributed by atoms with E-state index in [4.69, 9.17) is 28.9 Å². The molecule has 2 aromatic carbocycles. The molecule has 0 aliphatic carbocycles. The molecular formula is C32H48Cl2N4O. The third-order valence-corrected chi connectivity index (χ3v) is 8.33. The van der Waals surface area contributed by atoms with E-state index in [-0.39, 0.29) is 18.0 Å². The minimum atomic E-state index is -0.236. The maximum absolute atomic E-state index is 14.2. The first kappa shape index (κ1) is 31.7. The predicted octanol–water partition coefficient (Wildman–Crippen LogP) is 7.20. The average Bonchev–Trinajstić information content (AvgIpc) is 2.92. The Kier molecular flexibility index (Phi) is 12.9. The molecule has 3 rings (SSSR count). The zero-order valence-electron chi connectivity index (χ0n) is 24.3. The summed E-state index contributed by atoms with van der Waals surface area (Å²) in [7, 11) is 0. The molecule has 2 atom stereocenters. The van der Waals surface area contributed by atoms with Crippen molar-refractivity contribution in [1.29, 1.82) is 0 Å². The zero-order chi connectivity index (χ0) is 28.4. The number of hydrogen-bond acceptors (Lipinski definition) is 4. The minimum absolute atomic E-state index is 0.0139. The Morgan fingerprint density at radius 2 is 1.62 bits per heavy atom. The maximum atomic E-state index is 14.2. The van der Waals surface area contributed by atoms with Crippen molar-refractivity contribution in [2.24, 2.45) is 11.7 Å². The highest BCUT2D eigenvalue weighted by molar-refractivity contribution is 6.35.